The number of nitrogens with zero attached hydrogens (tertiary/aromatic N) is 2. The van der Waals surface area contributed by atoms with Crippen molar-refractivity contribution in [3.63, 3.8) is 0 Å². The van der Waals surface area contributed by atoms with E-state index in [0.717, 1.165) is 19.4 Å². The SMILES string of the molecule is CCCc1nc(NCC)cc(Oc2ccccc2F)n1. The summed E-state index contributed by atoms with van der Waals surface area (Å²) in [5.41, 5.74) is 0. The quantitative estimate of drug-likeness (QED) is 0.871. The number of aryl methyl sites for hydroxylation is 1. The lowest BCUT2D eigenvalue weighted by Crippen LogP contribution is -2.05. The molecule has 0 radical (unpaired) electrons. The molecular formula is C15H18FN3O. The Bertz CT molecular complexity index is 551. The zero-order valence-corrected chi connectivity index (χ0v) is 11.7. The Morgan fingerprint density at radius 1 is 1.20 bits per heavy atom. The summed E-state index contributed by atoms with van der Waals surface area (Å²) in [6, 6.07) is 7.94. The number of halogens is 1. The average Bonchev–Trinajstić information content (AvgIpc) is 2.42. The van der Waals surface area contributed by atoms with Crippen LogP contribution < -0.4 is 10.1 Å². The molecule has 5 heteroatoms. The number of benzene rings is 1. The van der Waals surface area contributed by atoms with Gasteiger partial charge < -0.3 is 10.1 Å². The van der Waals surface area contributed by atoms with Crippen LogP contribution >= 0.6 is 0 Å². The van der Waals surface area contributed by atoms with E-state index in [9.17, 15) is 4.39 Å². The predicted molar refractivity (Wildman–Crippen MR) is 76.7 cm³/mol. The number of ether oxygens (including phenoxy) is 1. The van der Waals surface area contributed by atoms with E-state index in [1.807, 2.05) is 6.92 Å². The summed E-state index contributed by atoms with van der Waals surface area (Å²) in [5.74, 6) is 1.49. The molecule has 0 fully saturated rings. The van der Waals surface area contributed by atoms with Crippen LogP contribution in [0.4, 0.5) is 10.2 Å². The Kier molecular flexibility index (Phi) is 4.87. The molecule has 1 aromatic carbocycles. The molecule has 0 unspecified atom stereocenters. The molecule has 0 saturated carbocycles. The zero-order valence-electron chi connectivity index (χ0n) is 11.7. The molecule has 0 aliphatic heterocycles. The zero-order chi connectivity index (χ0) is 14.4. The van der Waals surface area contributed by atoms with Crippen molar-refractivity contribution < 1.29 is 9.13 Å². The van der Waals surface area contributed by atoms with Gasteiger partial charge in [-0.1, -0.05) is 19.1 Å². The molecule has 0 spiro atoms. The summed E-state index contributed by atoms with van der Waals surface area (Å²) in [5, 5.41) is 3.12. The molecule has 2 rings (SSSR count). The average molecular weight is 275 g/mol. The Morgan fingerprint density at radius 2 is 2.00 bits per heavy atom. The summed E-state index contributed by atoms with van der Waals surface area (Å²) in [6.07, 6.45) is 1.70. The smallest absolute Gasteiger partial charge is 0.224 e. The van der Waals surface area contributed by atoms with Gasteiger partial charge in [0.1, 0.15) is 11.6 Å². The molecular weight excluding hydrogens is 257 g/mol. The molecule has 1 aromatic heterocycles. The molecule has 0 aliphatic carbocycles. The number of nitrogens with one attached hydrogen (secondary N) is 1. The van der Waals surface area contributed by atoms with Crippen LogP contribution in [0.25, 0.3) is 0 Å². The van der Waals surface area contributed by atoms with Gasteiger partial charge in [-0.05, 0) is 25.5 Å². The van der Waals surface area contributed by atoms with Gasteiger partial charge in [0.05, 0.1) is 0 Å². The summed E-state index contributed by atoms with van der Waals surface area (Å²) in [4.78, 5) is 8.68. The van der Waals surface area contributed by atoms with Crippen LogP contribution in [0.2, 0.25) is 0 Å². The molecule has 0 amide bonds. The second-order valence-corrected chi connectivity index (χ2v) is 4.32. The molecule has 20 heavy (non-hydrogen) atoms. The van der Waals surface area contributed by atoms with Crippen LogP contribution in [-0.4, -0.2) is 16.5 Å². The lowest BCUT2D eigenvalue weighted by molar-refractivity contribution is 0.424. The monoisotopic (exact) mass is 275 g/mol. The Balaban J connectivity index is 2.28. The van der Waals surface area contributed by atoms with E-state index in [1.54, 1.807) is 24.3 Å². The topological polar surface area (TPSA) is 47.0 Å². The van der Waals surface area contributed by atoms with Crippen LogP contribution in [-0.2, 0) is 6.42 Å². The van der Waals surface area contributed by atoms with E-state index < -0.39 is 5.82 Å². The van der Waals surface area contributed by atoms with E-state index in [4.69, 9.17) is 4.74 Å². The standard InChI is InChI=1S/C15H18FN3O/c1-3-7-13-18-14(17-4-2)10-15(19-13)20-12-9-6-5-8-11(12)16/h5-6,8-10H,3-4,7H2,1-2H3,(H,17,18,19). The van der Waals surface area contributed by atoms with Gasteiger partial charge in [-0.3, -0.25) is 0 Å². The Labute approximate surface area is 118 Å². The van der Waals surface area contributed by atoms with Gasteiger partial charge >= 0.3 is 0 Å². The van der Waals surface area contributed by atoms with Crippen molar-refractivity contribution in [1.82, 2.24) is 9.97 Å². The highest BCUT2D eigenvalue weighted by Gasteiger charge is 2.08. The highest BCUT2D eigenvalue weighted by Crippen LogP contribution is 2.24. The number of anilines is 1. The largest absolute Gasteiger partial charge is 0.436 e. The van der Waals surface area contributed by atoms with Crippen LogP contribution in [0.5, 0.6) is 11.6 Å². The number of aromatic nitrogens is 2. The maximum absolute atomic E-state index is 13.6. The molecule has 0 bridgehead atoms. The van der Waals surface area contributed by atoms with Crippen molar-refractivity contribution in [2.75, 3.05) is 11.9 Å². The summed E-state index contributed by atoms with van der Waals surface area (Å²) in [6.45, 7) is 4.79. The van der Waals surface area contributed by atoms with Gasteiger partial charge in [-0.15, -0.1) is 0 Å². The number of hydrogen-bond acceptors (Lipinski definition) is 4. The second-order valence-electron chi connectivity index (χ2n) is 4.32. The lowest BCUT2D eigenvalue weighted by atomic mass is 10.3. The fourth-order valence-corrected chi connectivity index (χ4v) is 1.77. The molecule has 106 valence electrons. The van der Waals surface area contributed by atoms with Gasteiger partial charge in [0.2, 0.25) is 5.88 Å². The van der Waals surface area contributed by atoms with Gasteiger partial charge in [0.15, 0.2) is 11.6 Å². The second kappa shape index (κ2) is 6.84. The minimum Gasteiger partial charge on any atom is -0.436 e. The van der Waals surface area contributed by atoms with Gasteiger partial charge in [-0.25, -0.2) is 9.37 Å². The molecule has 1 N–H and O–H groups in total. The predicted octanol–water partition coefficient (Wildman–Crippen LogP) is 3.79. The first kappa shape index (κ1) is 14.2. The van der Waals surface area contributed by atoms with Crippen molar-refractivity contribution in [3.8, 4) is 11.6 Å². The van der Waals surface area contributed by atoms with Crippen molar-refractivity contribution >= 4 is 5.82 Å². The van der Waals surface area contributed by atoms with Gasteiger partial charge in [0, 0.05) is 19.0 Å². The minimum atomic E-state index is -0.409. The van der Waals surface area contributed by atoms with E-state index in [0.29, 0.717) is 17.5 Å². The molecule has 2 aromatic rings. The third-order valence-corrected chi connectivity index (χ3v) is 2.63. The minimum absolute atomic E-state index is 0.163. The van der Waals surface area contributed by atoms with E-state index in [1.165, 1.54) is 6.07 Å². The molecule has 0 atom stereocenters. The number of para-hydroxylation sites is 1. The fourth-order valence-electron chi connectivity index (χ4n) is 1.77. The molecule has 0 saturated heterocycles. The van der Waals surface area contributed by atoms with Crippen molar-refractivity contribution in [3.05, 3.63) is 42.0 Å². The van der Waals surface area contributed by atoms with Crippen molar-refractivity contribution in [2.24, 2.45) is 0 Å². The third kappa shape index (κ3) is 3.66. The maximum atomic E-state index is 13.6. The highest BCUT2D eigenvalue weighted by molar-refractivity contribution is 5.40. The van der Waals surface area contributed by atoms with E-state index in [-0.39, 0.29) is 5.75 Å². The molecule has 0 aliphatic rings. The number of hydrogen-bond donors (Lipinski definition) is 1. The first-order valence-corrected chi connectivity index (χ1v) is 6.77. The summed E-state index contributed by atoms with van der Waals surface area (Å²) < 4.78 is 19.1. The van der Waals surface area contributed by atoms with E-state index in [2.05, 4.69) is 22.2 Å². The Hall–Kier alpha value is -2.17. The Morgan fingerprint density at radius 3 is 2.70 bits per heavy atom. The van der Waals surface area contributed by atoms with Crippen LogP contribution in [0.15, 0.2) is 30.3 Å². The fraction of sp³-hybridized carbons (Fsp3) is 0.333. The van der Waals surface area contributed by atoms with Crippen LogP contribution in [0, 0.1) is 5.82 Å². The van der Waals surface area contributed by atoms with Crippen molar-refractivity contribution in [1.29, 1.82) is 0 Å². The summed E-state index contributed by atoms with van der Waals surface area (Å²) >= 11 is 0. The van der Waals surface area contributed by atoms with Crippen LogP contribution in [0.1, 0.15) is 26.1 Å². The lowest BCUT2D eigenvalue weighted by Gasteiger charge is -2.10. The molecule has 4 nitrogen and oxygen atoms in total. The number of rotatable bonds is 6. The van der Waals surface area contributed by atoms with Gasteiger partial charge in [0.25, 0.3) is 0 Å². The van der Waals surface area contributed by atoms with Crippen LogP contribution in [0.3, 0.4) is 0 Å². The first-order chi connectivity index (χ1) is 9.72. The highest BCUT2D eigenvalue weighted by atomic mass is 19.1. The third-order valence-electron chi connectivity index (χ3n) is 2.63. The normalized spacial score (nSPS) is 10.3. The molecule has 1 heterocycles. The van der Waals surface area contributed by atoms with Gasteiger partial charge in [-0.2, -0.15) is 4.98 Å². The summed E-state index contributed by atoms with van der Waals surface area (Å²) in [7, 11) is 0. The first-order valence-electron chi connectivity index (χ1n) is 6.77. The van der Waals surface area contributed by atoms with E-state index >= 15 is 0 Å². The van der Waals surface area contributed by atoms with Crippen molar-refractivity contribution in [2.45, 2.75) is 26.7 Å². The maximum Gasteiger partial charge on any atom is 0.224 e.